The van der Waals surface area contributed by atoms with Crippen molar-refractivity contribution in [3.8, 4) is 0 Å². The third-order valence-electron chi connectivity index (χ3n) is 5.38. The van der Waals surface area contributed by atoms with Crippen molar-refractivity contribution in [2.24, 2.45) is 0 Å². The monoisotopic (exact) mass is 382 g/mol. The Bertz CT molecular complexity index is 924. The normalized spacial score (nSPS) is 16.5. The summed E-state index contributed by atoms with van der Waals surface area (Å²) in [7, 11) is 0. The van der Waals surface area contributed by atoms with E-state index in [4.69, 9.17) is 0 Å². The number of aromatic amines is 1. The number of rotatable bonds is 5. The maximum Gasteiger partial charge on any atom is 0.268 e. The van der Waals surface area contributed by atoms with E-state index < -0.39 is 0 Å². The molecule has 5 nitrogen and oxygen atoms in total. The second-order valence-corrected chi connectivity index (χ2v) is 8.63. The molecule has 1 unspecified atom stereocenters. The van der Waals surface area contributed by atoms with Crippen LogP contribution < -0.4 is 5.32 Å². The van der Waals surface area contributed by atoms with Crippen LogP contribution in [0.15, 0.2) is 30.6 Å². The molecule has 6 heteroatoms. The molecule has 142 valence electrons. The molecule has 4 rings (SSSR count). The summed E-state index contributed by atoms with van der Waals surface area (Å²) in [4.78, 5) is 24.1. The number of pyridine rings is 1. The first kappa shape index (κ1) is 18.2. The molecule has 0 bridgehead atoms. The molecule has 1 aliphatic rings. The highest BCUT2D eigenvalue weighted by Crippen LogP contribution is 2.32. The Hall–Kier alpha value is -2.18. The molecule has 1 fully saturated rings. The number of hydrogen-bond donors (Lipinski definition) is 2. The highest BCUT2D eigenvalue weighted by atomic mass is 32.1. The molecule has 1 atom stereocenters. The number of thiophene rings is 1. The smallest absolute Gasteiger partial charge is 0.268 e. The number of carbonyl (C=O) groups excluding carboxylic acids is 1. The summed E-state index contributed by atoms with van der Waals surface area (Å²) in [5.74, 6) is -0.0728. The Labute approximate surface area is 163 Å². The van der Waals surface area contributed by atoms with Crippen molar-refractivity contribution in [2.45, 2.75) is 45.7 Å². The molecule has 0 saturated carbocycles. The Balaban J connectivity index is 1.52. The van der Waals surface area contributed by atoms with Crippen molar-refractivity contribution in [3.05, 3.63) is 52.3 Å². The third kappa shape index (κ3) is 3.92. The minimum Gasteiger partial charge on any atom is -0.350 e. The highest BCUT2D eigenvalue weighted by Gasteiger charge is 2.20. The van der Waals surface area contributed by atoms with Gasteiger partial charge in [0.25, 0.3) is 5.91 Å². The van der Waals surface area contributed by atoms with Crippen LogP contribution in [0.4, 0.5) is 0 Å². The minimum absolute atomic E-state index is 0.0728. The fourth-order valence-corrected chi connectivity index (χ4v) is 4.86. The van der Waals surface area contributed by atoms with Gasteiger partial charge in [0.1, 0.15) is 5.69 Å². The van der Waals surface area contributed by atoms with Gasteiger partial charge in [-0.3, -0.25) is 14.7 Å². The van der Waals surface area contributed by atoms with E-state index in [-0.39, 0.29) is 11.9 Å². The van der Waals surface area contributed by atoms with Crippen molar-refractivity contribution in [2.75, 3.05) is 13.1 Å². The van der Waals surface area contributed by atoms with Crippen LogP contribution in [0.2, 0.25) is 0 Å². The van der Waals surface area contributed by atoms with Gasteiger partial charge in [-0.05, 0) is 57.5 Å². The van der Waals surface area contributed by atoms with E-state index in [1.165, 1.54) is 47.5 Å². The largest absolute Gasteiger partial charge is 0.350 e. The Kier molecular flexibility index (Phi) is 5.27. The van der Waals surface area contributed by atoms with E-state index in [1.54, 1.807) is 23.7 Å². The molecule has 0 aromatic carbocycles. The number of nitrogens with zero attached hydrogens (tertiary/aromatic N) is 2. The van der Waals surface area contributed by atoms with Gasteiger partial charge in [0.05, 0.1) is 16.3 Å². The molecule has 0 aliphatic carbocycles. The zero-order chi connectivity index (χ0) is 18.8. The van der Waals surface area contributed by atoms with Crippen molar-refractivity contribution >= 4 is 27.5 Å². The number of hydrogen-bond acceptors (Lipinski definition) is 4. The summed E-state index contributed by atoms with van der Waals surface area (Å²) < 4.78 is 1.17. The van der Waals surface area contributed by atoms with Gasteiger partial charge in [0.2, 0.25) is 0 Å². The van der Waals surface area contributed by atoms with Crippen LogP contribution in [0.5, 0.6) is 0 Å². The first-order valence-corrected chi connectivity index (χ1v) is 10.5. The molecule has 1 saturated heterocycles. The topological polar surface area (TPSA) is 61.0 Å². The molecule has 0 radical (unpaired) electrons. The lowest BCUT2D eigenvalue weighted by molar-refractivity contribution is 0.0935. The standard InChI is InChI=1S/C21H26N4OS/c1-14(16-7-6-8-22-12-16)23-21(26)18-11-19-20(24-18)17(15(2)27-19)13-25-9-4-3-5-10-25/h6-8,11-12,14,24H,3-5,9-10,13H2,1-2H3,(H,23,26). The van der Waals surface area contributed by atoms with Gasteiger partial charge in [-0.25, -0.2) is 0 Å². The first-order chi connectivity index (χ1) is 13.1. The summed E-state index contributed by atoms with van der Waals surface area (Å²) in [6.45, 7) is 7.48. The van der Waals surface area contributed by atoms with Gasteiger partial charge < -0.3 is 10.3 Å². The SMILES string of the molecule is Cc1sc2cc(C(=O)NC(C)c3cccnc3)[nH]c2c1CN1CCCCC1. The van der Waals surface area contributed by atoms with E-state index >= 15 is 0 Å². The third-order valence-corrected chi connectivity index (χ3v) is 6.47. The number of aromatic nitrogens is 2. The first-order valence-electron chi connectivity index (χ1n) is 9.66. The fourth-order valence-electron chi connectivity index (χ4n) is 3.79. The predicted octanol–water partition coefficient (Wildman–Crippen LogP) is 4.41. The lowest BCUT2D eigenvalue weighted by Crippen LogP contribution is -2.29. The number of amides is 1. The molecular weight excluding hydrogens is 356 g/mol. The molecule has 3 aromatic heterocycles. The molecule has 1 aliphatic heterocycles. The zero-order valence-electron chi connectivity index (χ0n) is 15.9. The van der Waals surface area contributed by atoms with Gasteiger partial charge in [-0.2, -0.15) is 0 Å². The Morgan fingerprint density at radius 2 is 2.19 bits per heavy atom. The van der Waals surface area contributed by atoms with E-state index in [9.17, 15) is 4.79 Å². The van der Waals surface area contributed by atoms with Crippen LogP contribution in [-0.4, -0.2) is 33.9 Å². The average molecular weight is 383 g/mol. The summed E-state index contributed by atoms with van der Waals surface area (Å²) in [6.07, 6.45) is 7.45. The summed E-state index contributed by atoms with van der Waals surface area (Å²) >= 11 is 1.77. The number of fused-ring (bicyclic) bond motifs is 1. The van der Waals surface area contributed by atoms with Crippen molar-refractivity contribution in [1.29, 1.82) is 0 Å². The number of H-pyrrole nitrogens is 1. The maximum atomic E-state index is 12.7. The maximum absolute atomic E-state index is 12.7. The van der Waals surface area contributed by atoms with E-state index in [2.05, 4.69) is 27.1 Å². The molecule has 3 aromatic rings. The van der Waals surface area contributed by atoms with Crippen LogP contribution in [0.1, 0.15) is 58.7 Å². The van der Waals surface area contributed by atoms with Gasteiger partial charge >= 0.3 is 0 Å². The van der Waals surface area contributed by atoms with Gasteiger partial charge in [0, 0.05) is 29.4 Å². The lowest BCUT2D eigenvalue weighted by Gasteiger charge is -2.26. The second kappa shape index (κ2) is 7.82. The fraction of sp³-hybridized carbons (Fsp3) is 0.429. The predicted molar refractivity (Wildman–Crippen MR) is 110 cm³/mol. The van der Waals surface area contributed by atoms with E-state index in [1.807, 2.05) is 25.1 Å². The highest BCUT2D eigenvalue weighted by molar-refractivity contribution is 7.19. The number of carbonyl (C=O) groups is 1. The second-order valence-electron chi connectivity index (χ2n) is 7.38. The molecular formula is C21H26N4OS. The Morgan fingerprint density at radius 1 is 1.37 bits per heavy atom. The van der Waals surface area contributed by atoms with E-state index in [0.29, 0.717) is 5.69 Å². The zero-order valence-corrected chi connectivity index (χ0v) is 16.7. The number of piperidine rings is 1. The average Bonchev–Trinajstić information content (AvgIpc) is 3.22. The molecule has 4 heterocycles. The van der Waals surface area contributed by atoms with Crippen LogP contribution in [0.25, 0.3) is 10.2 Å². The Morgan fingerprint density at radius 3 is 2.93 bits per heavy atom. The molecule has 0 spiro atoms. The number of nitrogens with one attached hydrogen (secondary N) is 2. The summed E-state index contributed by atoms with van der Waals surface area (Å²) in [5.41, 5.74) is 4.10. The minimum atomic E-state index is -0.0814. The molecule has 2 N–H and O–H groups in total. The van der Waals surface area contributed by atoms with Crippen molar-refractivity contribution in [3.63, 3.8) is 0 Å². The molecule has 27 heavy (non-hydrogen) atoms. The number of aryl methyl sites for hydroxylation is 1. The van der Waals surface area contributed by atoms with Crippen LogP contribution in [0, 0.1) is 6.92 Å². The summed E-state index contributed by atoms with van der Waals surface area (Å²) in [5, 5.41) is 3.06. The van der Waals surface area contributed by atoms with Gasteiger partial charge in [-0.1, -0.05) is 12.5 Å². The van der Waals surface area contributed by atoms with Gasteiger partial charge in [0.15, 0.2) is 0 Å². The van der Waals surface area contributed by atoms with Crippen LogP contribution in [-0.2, 0) is 6.54 Å². The quantitative estimate of drug-likeness (QED) is 0.687. The van der Waals surface area contributed by atoms with Crippen molar-refractivity contribution < 1.29 is 4.79 Å². The summed E-state index contributed by atoms with van der Waals surface area (Å²) in [6, 6.07) is 5.77. The molecule has 1 amide bonds. The number of likely N-dealkylation sites (tertiary alicyclic amines) is 1. The lowest BCUT2D eigenvalue weighted by atomic mass is 10.1. The van der Waals surface area contributed by atoms with Crippen molar-refractivity contribution in [1.82, 2.24) is 20.2 Å². The van der Waals surface area contributed by atoms with E-state index in [0.717, 1.165) is 17.6 Å². The van der Waals surface area contributed by atoms with Gasteiger partial charge in [-0.15, -0.1) is 11.3 Å². The van der Waals surface area contributed by atoms with Crippen LogP contribution in [0.3, 0.4) is 0 Å². The van der Waals surface area contributed by atoms with Crippen LogP contribution >= 0.6 is 11.3 Å².